The number of benzene rings is 2. The molecule has 8 nitrogen and oxygen atoms in total. The zero-order chi connectivity index (χ0) is 23.1. The first-order valence-corrected chi connectivity index (χ1v) is 11.2. The fraction of sp³-hybridized carbons (Fsp3) is 0.304. The Hall–Kier alpha value is -2.78. The molecule has 1 aliphatic rings. The van der Waals surface area contributed by atoms with Crippen LogP contribution in [0.25, 0.3) is 0 Å². The van der Waals surface area contributed by atoms with E-state index in [2.05, 4.69) is 15.6 Å². The molecule has 1 aliphatic heterocycles. The van der Waals surface area contributed by atoms with Crippen molar-refractivity contribution in [1.82, 2.24) is 14.9 Å². The van der Waals surface area contributed by atoms with Gasteiger partial charge in [0.2, 0.25) is 12.2 Å². The highest BCUT2D eigenvalue weighted by Crippen LogP contribution is 2.40. The highest BCUT2D eigenvalue weighted by molar-refractivity contribution is 6.35. The number of hydrogen-bond acceptors (Lipinski definition) is 6. The molecular weight excluding hydrogens is 467 g/mol. The summed E-state index contributed by atoms with van der Waals surface area (Å²) in [5.41, 5.74) is 1.64. The van der Waals surface area contributed by atoms with Crippen LogP contribution < -0.4 is 15.4 Å². The molecule has 2 N–H and O–H groups in total. The SMILES string of the molecule is O=CNCCNc1ccc(OC[C@H]2CO[C@](Cn3ccnc3)(c3ccc(Cl)cc3Cl)O2)cc1. The van der Waals surface area contributed by atoms with E-state index in [0.717, 1.165) is 5.69 Å². The summed E-state index contributed by atoms with van der Waals surface area (Å²) in [4.78, 5) is 14.4. The minimum atomic E-state index is -1.08. The molecule has 10 heteroatoms. The Balaban J connectivity index is 1.39. The number of rotatable bonds is 11. The van der Waals surface area contributed by atoms with Crippen LogP contribution in [0.2, 0.25) is 10.0 Å². The monoisotopic (exact) mass is 490 g/mol. The van der Waals surface area contributed by atoms with Gasteiger partial charge in [0.05, 0.1) is 24.5 Å². The first kappa shape index (κ1) is 23.4. The van der Waals surface area contributed by atoms with Crippen molar-refractivity contribution < 1.29 is 19.0 Å². The summed E-state index contributed by atoms with van der Waals surface area (Å²) in [5, 5.41) is 6.83. The lowest BCUT2D eigenvalue weighted by Gasteiger charge is -2.30. The van der Waals surface area contributed by atoms with E-state index in [0.29, 0.717) is 60.6 Å². The van der Waals surface area contributed by atoms with Crippen molar-refractivity contribution in [3.05, 3.63) is 76.8 Å². The fourth-order valence-corrected chi connectivity index (χ4v) is 4.12. The third-order valence-corrected chi connectivity index (χ3v) is 5.67. The summed E-state index contributed by atoms with van der Waals surface area (Å²) in [6.07, 6.45) is 5.62. The van der Waals surface area contributed by atoms with Crippen molar-refractivity contribution in [3.8, 4) is 5.75 Å². The van der Waals surface area contributed by atoms with Gasteiger partial charge in [-0.2, -0.15) is 0 Å². The predicted octanol–water partition coefficient (Wildman–Crippen LogP) is 3.70. The van der Waals surface area contributed by atoms with E-state index >= 15 is 0 Å². The summed E-state index contributed by atoms with van der Waals surface area (Å²) in [6.45, 7) is 2.23. The van der Waals surface area contributed by atoms with Gasteiger partial charge in [0.25, 0.3) is 0 Å². The molecule has 4 rings (SSSR count). The molecule has 3 aromatic rings. The van der Waals surface area contributed by atoms with Gasteiger partial charge in [-0.15, -0.1) is 0 Å². The molecule has 174 valence electrons. The zero-order valence-corrected chi connectivity index (χ0v) is 19.3. The standard InChI is InChI=1S/C23H24Cl2N4O4/c24-17-1-6-21(22(25)11-17)23(14-29-10-9-26-15-29)32-13-20(33-23)12-31-19-4-2-18(3-5-19)28-8-7-27-16-30/h1-6,9-11,15-16,20,28H,7-8,12-14H2,(H,27,30)/t20-,23-/m0/s1. The highest BCUT2D eigenvalue weighted by Gasteiger charge is 2.45. The van der Waals surface area contributed by atoms with Gasteiger partial charge in [0.15, 0.2) is 0 Å². The molecule has 2 atom stereocenters. The lowest BCUT2D eigenvalue weighted by atomic mass is 10.1. The molecule has 0 radical (unpaired) electrons. The topological polar surface area (TPSA) is 86.6 Å². The number of carbonyl (C=O) groups excluding carboxylic acids is 1. The number of nitrogens with zero attached hydrogens (tertiary/aromatic N) is 2. The smallest absolute Gasteiger partial charge is 0.215 e. The second-order valence-electron chi connectivity index (χ2n) is 7.50. The average molecular weight is 491 g/mol. The van der Waals surface area contributed by atoms with Crippen LogP contribution in [-0.4, -0.2) is 48.4 Å². The maximum atomic E-state index is 10.3. The Kier molecular flexibility index (Phi) is 7.72. The fourth-order valence-electron chi connectivity index (χ4n) is 3.57. The van der Waals surface area contributed by atoms with Gasteiger partial charge in [-0.3, -0.25) is 4.79 Å². The number of ether oxygens (including phenoxy) is 3. The predicted molar refractivity (Wildman–Crippen MR) is 126 cm³/mol. The molecule has 1 amide bonds. The number of imidazole rings is 1. The van der Waals surface area contributed by atoms with Gasteiger partial charge in [-0.25, -0.2) is 4.98 Å². The van der Waals surface area contributed by atoms with E-state index < -0.39 is 5.79 Å². The third kappa shape index (κ3) is 5.97. The third-order valence-electron chi connectivity index (χ3n) is 5.12. The van der Waals surface area contributed by atoms with E-state index in [-0.39, 0.29) is 6.10 Å². The first-order chi connectivity index (χ1) is 16.1. The Morgan fingerprint density at radius 1 is 1.21 bits per heavy atom. The average Bonchev–Trinajstić information content (AvgIpc) is 3.47. The van der Waals surface area contributed by atoms with E-state index in [9.17, 15) is 4.79 Å². The summed E-state index contributed by atoms with van der Waals surface area (Å²) in [7, 11) is 0. The van der Waals surface area contributed by atoms with Gasteiger partial charge < -0.3 is 29.4 Å². The molecule has 0 bridgehead atoms. The number of nitrogens with one attached hydrogen (secondary N) is 2. The van der Waals surface area contributed by atoms with Crippen LogP contribution in [0.15, 0.2) is 61.2 Å². The van der Waals surface area contributed by atoms with Gasteiger partial charge in [0.1, 0.15) is 18.5 Å². The molecule has 1 saturated heterocycles. The summed E-state index contributed by atoms with van der Waals surface area (Å²) in [6, 6.07) is 12.8. The van der Waals surface area contributed by atoms with E-state index in [1.165, 1.54) is 0 Å². The number of hydrogen-bond donors (Lipinski definition) is 2. The summed E-state index contributed by atoms with van der Waals surface area (Å²) >= 11 is 12.6. The summed E-state index contributed by atoms with van der Waals surface area (Å²) in [5.74, 6) is -0.369. The second kappa shape index (κ2) is 10.9. The molecule has 0 unspecified atom stereocenters. The molecular formula is C23H24Cl2N4O4. The van der Waals surface area contributed by atoms with Crippen LogP contribution in [0.1, 0.15) is 5.56 Å². The van der Waals surface area contributed by atoms with Crippen molar-refractivity contribution in [2.24, 2.45) is 0 Å². The highest BCUT2D eigenvalue weighted by atomic mass is 35.5. The number of halogens is 2. The van der Waals surface area contributed by atoms with Crippen LogP contribution in [-0.2, 0) is 26.6 Å². The number of amides is 1. The Morgan fingerprint density at radius 2 is 2.06 bits per heavy atom. The second-order valence-corrected chi connectivity index (χ2v) is 8.34. The maximum Gasteiger partial charge on any atom is 0.215 e. The van der Waals surface area contributed by atoms with Crippen LogP contribution >= 0.6 is 23.2 Å². The molecule has 2 aromatic carbocycles. The number of anilines is 1. The Labute approximate surface area is 201 Å². The van der Waals surface area contributed by atoms with E-state index in [1.54, 1.807) is 24.7 Å². The maximum absolute atomic E-state index is 10.3. The van der Waals surface area contributed by atoms with Gasteiger partial charge in [-0.1, -0.05) is 29.3 Å². The van der Waals surface area contributed by atoms with Crippen molar-refractivity contribution in [2.45, 2.75) is 18.4 Å². The molecule has 33 heavy (non-hydrogen) atoms. The largest absolute Gasteiger partial charge is 0.491 e. The zero-order valence-electron chi connectivity index (χ0n) is 17.7. The molecule has 0 aliphatic carbocycles. The first-order valence-electron chi connectivity index (χ1n) is 10.4. The van der Waals surface area contributed by atoms with Crippen LogP contribution in [0.5, 0.6) is 5.75 Å². The van der Waals surface area contributed by atoms with Gasteiger partial charge in [0, 0.05) is 41.8 Å². The minimum Gasteiger partial charge on any atom is -0.491 e. The van der Waals surface area contributed by atoms with E-state index in [1.807, 2.05) is 41.1 Å². The van der Waals surface area contributed by atoms with Gasteiger partial charge >= 0.3 is 0 Å². The molecule has 1 fully saturated rings. The molecule has 0 saturated carbocycles. The molecule has 0 spiro atoms. The Morgan fingerprint density at radius 3 is 2.79 bits per heavy atom. The van der Waals surface area contributed by atoms with Crippen LogP contribution in [0, 0.1) is 0 Å². The van der Waals surface area contributed by atoms with Crippen molar-refractivity contribution >= 4 is 35.3 Å². The normalized spacial score (nSPS) is 19.9. The van der Waals surface area contributed by atoms with Crippen molar-refractivity contribution in [2.75, 3.05) is 31.6 Å². The lowest BCUT2D eigenvalue weighted by molar-refractivity contribution is -0.189. The Bertz CT molecular complexity index is 1050. The number of carbonyl (C=O) groups is 1. The van der Waals surface area contributed by atoms with Crippen LogP contribution in [0.3, 0.4) is 0 Å². The minimum absolute atomic E-state index is 0.299. The van der Waals surface area contributed by atoms with Crippen LogP contribution in [0.4, 0.5) is 5.69 Å². The van der Waals surface area contributed by atoms with Crippen molar-refractivity contribution in [1.29, 1.82) is 0 Å². The number of aromatic nitrogens is 2. The van der Waals surface area contributed by atoms with Crippen molar-refractivity contribution in [3.63, 3.8) is 0 Å². The van der Waals surface area contributed by atoms with Gasteiger partial charge in [-0.05, 0) is 36.4 Å². The molecule has 1 aromatic heterocycles. The quantitative estimate of drug-likeness (QED) is 0.314. The lowest BCUT2D eigenvalue weighted by Crippen LogP contribution is -2.34. The van der Waals surface area contributed by atoms with E-state index in [4.69, 9.17) is 37.4 Å². The molecule has 2 heterocycles. The summed E-state index contributed by atoms with van der Waals surface area (Å²) < 4.78 is 20.4.